The number of hydrogen-bond donors (Lipinski definition) is 0. The van der Waals surface area contributed by atoms with E-state index in [1.165, 1.54) is 0 Å². The van der Waals surface area contributed by atoms with Gasteiger partial charge in [0.15, 0.2) is 0 Å². The fraction of sp³-hybridized carbons (Fsp3) is 0.600. The Hall–Kier alpha value is 1.02. The summed E-state index contributed by atoms with van der Waals surface area (Å²) in [6.45, 7) is 3.56. The Kier molecular flexibility index (Phi) is 31.4. The molecule has 0 aromatic carbocycles. The van der Waals surface area contributed by atoms with Crippen molar-refractivity contribution in [3.63, 3.8) is 0 Å². The van der Waals surface area contributed by atoms with Crippen molar-refractivity contribution in [3.05, 3.63) is 6.92 Å². The maximum Gasteiger partial charge on any atom is 2.00 e. The molecule has 0 aromatic heterocycles. The molecule has 1 nitrogen and oxygen atoms in total. The van der Waals surface area contributed by atoms with E-state index in [0.29, 0.717) is 6.42 Å². The Balaban J connectivity index is -0.0000000208. The van der Waals surface area contributed by atoms with Gasteiger partial charge in [-0.05, 0) is 0 Å². The molecule has 0 saturated carbocycles. The Morgan fingerprint density at radius 3 is 2.25 bits per heavy atom. The van der Waals surface area contributed by atoms with E-state index < -0.39 is 0 Å². The van der Waals surface area contributed by atoms with Crippen molar-refractivity contribution in [2.24, 2.45) is 0 Å². The molecule has 3 heteroatoms. The zero-order valence-electron chi connectivity index (χ0n) is 6.97. The van der Waals surface area contributed by atoms with Gasteiger partial charge < -0.3 is 14.6 Å². The van der Waals surface area contributed by atoms with Crippen LogP contribution >= 0.6 is 0 Å². The molecule has 0 rings (SSSR count). The summed E-state index contributed by atoms with van der Waals surface area (Å²) >= 11 is 0. The quantitative estimate of drug-likeness (QED) is 0.262. The molecule has 0 N–H and O–H groups in total. The summed E-state index contributed by atoms with van der Waals surface area (Å²) in [6, 6.07) is 0. The molecular formula is C5H11MgOV-. The first kappa shape index (κ1) is 16.0. The van der Waals surface area contributed by atoms with Crippen LogP contribution in [0.25, 0.3) is 0 Å². The van der Waals surface area contributed by atoms with Crippen LogP contribution in [0.2, 0.25) is 0 Å². The summed E-state index contributed by atoms with van der Waals surface area (Å²) in [4.78, 5) is 9.54. The molecule has 0 bridgehead atoms. The minimum atomic E-state index is 0. The third kappa shape index (κ3) is 15.7. The van der Waals surface area contributed by atoms with Crippen LogP contribution in [-0.2, 0) is 23.4 Å². The molecule has 0 spiro atoms. The van der Waals surface area contributed by atoms with Crippen LogP contribution in [-0.4, -0.2) is 29.3 Å². The number of hydrogen-bond acceptors (Lipinski definition) is 1. The standard InChI is InChI=1S/C5H9O.Mg.V.2H/c1-2-3-4-5-6;;;;/h5H,1-4H2;;;;/q-1;+2;;2*-1. The first-order chi connectivity index (χ1) is 2.91. The predicted octanol–water partition coefficient (Wildman–Crippen LogP) is 1.03. The number of carbonyl (C=O) groups is 1. The summed E-state index contributed by atoms with van der Waals surface area (Å²) in [5.74, 6) is 0. The van der Waals surface area contributed by atoms with Crippen LogP contribution in [0.4, 0.5) is 0 Å². The molecule has 1 radical (unpaired) electrons. The van der Waals surface area contributed by atoms with Crippen LogP contribution in [0.15, 0.2) is 0 Å². The summed E-state index contributed by atoms with van der Waals surface area (Å²) in [5, 5.41) is 0. The second-order valence-electron chi connectivity index (χ2n) is 1.16. The van der Waals surface area contributed by atoms with Crippen LogP contribution in [0.5, 0.6) is 0 Å². The molecule has 0 aromatic rings. The third-order valence-corrected chi connectivity index (χ3v) is 0.572. The zero-order chi connectivity index (χ0) is 4.83. The normalized spacial score (nSPS) is 6.12. The Morgan fingerprint density at radius 1 is 1.62 bits per heavy atom. The van der Waals surface area contributed by atoms with E-state index >= 15 is 0 Å². The predicted molar refractivity (Wildman–Crippen MR) is 33.2 cm³/mol. The van der Waals surface area contributed by atoms with Crippen molar-refractivity contribution in [2.45, 2.75) is 19.3 Å². The van der Waals surface area contributed by atoms with Crippen molar-refractivity contribution in [2.75, 3.05) is 0 Å². The largest absolute Gasteiger partial charge is 2.00 e. The summed E-state index contributed by atoms with van der Waals surface area (Å²) < 4.78 is 0. The van der Waals surface area contributed by atoms with Crippen LogP contribution in [0.1, 0.15) is 22.1 Å². The molecule has 0 aliphatic heterocycles. The summed E-state index contributed by atoms with van der Waals surface area (Å²) in [6.07, 6.45) is 3.40. The molecular weight excluding hydrogens is 151 g/mol. The number of carbonyl (C=O) groups excluding carboxylic acids is 1. The molecule has 0 aliphatic rings. The van der Waals surface area contributed by atoms with Gasteiger partial charge in [0.1, 0.15) is 6.29 Å². The van der Waals surface area contributed by atoms with Gasteiger partial charge in [-0.1, -0.05) is 6.42 Å². The zero-order valence-corrected chi connectivity index (χ0v) is 7.78. The first-order valence-corrected chi connectivity index (χ1v) is 2.14. The Labute approximate surface area is 81.6 Å². The van der Waals surface area contributed by atoms with Crippen molar-refractivity contribution in [3.8, 4) is 0 Å². The van der Waals surface area contributed by atoms with Gasteiger partial charge in [0.05, 0.1) is 0 Å². The number of aldehydes is 1. The van der Waals surface area contributed by atoms with Crippen LogP contribution < -0.4 is 0 Å². The van der Waals surface area contributed by atoms with Crippen molar-refractivity contribution >= 4 is 29.3 Å². The first-order valence-electron chi connectivity index (χ1n) is 2.14. The summed E-state index contributed by atoms with van der Waals surface area (Å²) in [5.41, 5.74) is 0. The molecule has 0 fully saturated rings. The fourth-order valence-corrected chi connectivity index (χ4v) is 0.228. The van der Waals surface area contributed by atoms with E-state index in [0.717, 1.165) is 19.1 Å². The van der Waals surface area contributed by atoms with Crippen molar-refractivity contribution in [1.29, 1.82) is 0 Å². The molecule has 0 saturated heterocycles. The smallest absolute Gasteiger partial charge is 1.00 e. The van der Waals surface area contributed by atoms with Crippen molar-refractivity contribution in [1.82, 2.24) is 0 Å². The number of unbranched alkanes of at least 4 members (excludes halogenated alkanes) is 2. The number of rotatable bonds is 3. The monoisotopic (exact) mass is 162 g/mol. The van der Waals surface area contributed by atoms with E-state index in [2.05, 4.69) is 6.92 Å². The molecule has 0 atom stereocenters. The van der Waals surface area contributed by atoms with E-state index in [1.807, 2.05) is 0 Å². The van der Waals surface area contributed by atoms with Gasteiger partial charge in [0, 0.05) is 25.0 Å². The van der Waals surface area contributed by atoms with Gasteiger partial charge in [0.25, 0.3) is 0 Å². The van der Waals surface area contributed by atoms with Gasteiger partial charge >= 0.3 is 23.1 Å². The van der Waals surface area contributed by atoms with Gasteiger partial charge in [-0.3, -0.25) is 0 Å². The Morgan fingerprint density at radius 2 is 2.12 bits per heavy atom. The van der Waals surface area contributed by atoms with E-state index in [9.17, 15) is 4.79 Å². The third-order valence-electron chi connectivity index (χ3n) is 0.572. The fourth-order valence-electron chi connectivity index (χ4n) is 0.228. The Bertz CT molecular complexity index is 48.6. The maximum atomic E-state index is 9.54. The SMILES string of the molecule is [CH2-]CCCC=O.[H-].[H-].[Mg+2].[V]. The maximum absolute atomic E-state index is 9.54. The molecule has 0 amide bonds. The van der Waals surface area contributed by atoms with Crippen molar-refractivity contribution < 1.29 is 26.2 Å². The van der Waals surface area contributed by atoms with E-state index in [4.69, 9.17) is 0 Å². The molecule has 0 unspecified atom stereocenters. The average Bonchev–Trinajstić information content (AvgIpc) is 1.61. The topological polar surface area (TPSA) is 17.1 Å². The molecule has 0 heterocycles. The van der Waals surface area contributed by atoms with Gasteiger partial charge in [-0.15, -0.1) is 0 Å². The second-order valence-corrected chi connectivity index (χ2v) is 1.16. The van der Waals surface area contributed by atoms with Gasteiger partial charge in [-0.2, -0.15) is 6.42 Å². The average molecular weight is 162 g/mol. The molecule has 0 aliphatic carbocycles. The van der Waals surface area contributed by atoms with E-state index in [1.54, 1.807) is 0 Å². The molecule has 8 heavy (non-hydrogen) atoms. The van der Waals surface area contributed by atoms with Gasteiger partial charge in [-0.25, -0.2) is 0 Å². The second kappa shape index (κ2) is 15.7. The minimum Gasteiger partial charge on any atom is -1.00 e. The summed E-state index contributed by atoms with van der Waals surface area (Å²) in [7, 11) is 0. The van der Waals surface area contributed by atoms with Gasteiger partial charge in [0.2, 0.25) is 0 Å². The van der Waals surface area contributed by atoms with Crippen LogP contribution in [0, 0.1) is 6.92 Å². The van der Waals surface area contributed by atoms with E-state index in [-0.39, 0.29) is 44.5 Å². The van der Waals surface area contributed by atoms with Crippen LogP contribution in [0.3, 0.4) is 0 Å². The molecule has 45 valence electrons. The minimum absolute atomic E-state index is 0.